The van der Waals surface area contributed by atoms with E-state index in [9.17, 15) is 0 Å². The molecule has 118 valence electrons. The van der Waals surface area contributed by atoms with E-state index in [1.807, 2.05) is 11.1 Å². The van der Waals surface area contributed by atoms with Gasteiger partial charge in [0.1, 0.15) is 11.4 Å². The van der Waals surface area contributed by atoms with Crippen LogP contribution in [-0.4, -0.2) is 20.5 Å². The zero-order chi connectivity index (χ0) is 16.3. The Balaban J connectivity index is 2.91. The highest BCUT2D eigenvalue weighted by Gasteiger charge is 2.26. The van der Waals surface area contributed by atoms with Gasteiger partial charge in [-0.3, -0.25) is 0 Å². The maximum atomic E-state index is 6.25. The molecule has 1 rings (SSSR count). The lowest BCUT2D eigenvalue weighted by molar-refractivity contribution is 0.0477. The molecule has 1 aromatic carbocycles. The minimum absolute atomic E-state index is 0.331. The number of benzene rings is 1. The van der Waals surface area contributed by atoms with Crippen molar-refractivity contribution in [2.75, 3.05) is 6.61 Å². The van der Waals surface area contributed by atoms with Gasteiger partial charge in [-0.05, 0) is 87.2 Å². The summed E-state index contributed by atoms with van der Waals surface area (Å²) in [4.78, 5) is 1.87. The molecule has 0 spiro atoms. The lowest BCUT2D eigenvalue weighted by Gasteiger charge is -2.31. The van der Waals surface area contributed by atoms with E-state index in [0.29, 0.717) is 6.61 Å². The summed E-state index contributed by atoms with van der Waals surface area (Å²) < 4.78 is 12.3. The van der Waals surface area contributed by atoms with Crippen molar-refractivity contribution in [2.24, 2.45) is 0 Å². The van der Waals surface area contributed by atoms with Crippen molar-refractivity contribution in [1.82, 2.24) is 0 Å². The molecule has 0 unspecified atom stereocenters. The molecule has 0 N–H and O–H groups in total. The Kier molecular flexibility index (Phi) is 6.26. The molecule has 1 aromatic rings. The fraction of sp³-hybridized carbons (Fsp3) is 0.529. The molecule has 0 fully saturated rings. The number of hydrogen-bond donors (Lipinski definition) is 0. The van der Waals surface area contributed by atoms with E-state index in [1.54, 1.807) is 0 Å². The SMILES string of the molecule is Cc1cc(/C=C/Br)cc(C)c1OC(C)(C)CO[Si](C)(C)C. The van der Waals surface area contributed by atoms with Crippen LogP contribution in [-0.2, 0) is 4.43 Å². The fourth-order valence-electron chi connectivity index (χ4n) is 2.01. The lowest BCUT2D eigenvalue weighted by atomic mass is 10.0. The normalized spacial score (nSPS) is 13.0. The smallest absolute Gasteiger partial charge is 0.183 e. The summed E-state index contributed by atoms with van der Waals surface area (Å²) in [5, 5.41) is 0. The van der Waals surface area contributed by atoms with Crippen molar-refractivity contribution in [3.05, 3.63) is 33.8 Å². The maximum absolute atomic E-state index is 6.25. The van der Waals surface area contributed by atoms with Crippen LogP contribution in [0.4, 0.5) is 0 Å². The standard InChI is InChI=1S/C17H27BrO2Si/c1-13-10-15(8-9-18)11-14(2)16(13)20-17(3,4)12-19-21(5,6)7/h8-11H,12H2,1-7H3/b9-8+. The average molecular weight is 371 g/mol. The molecule has 0 aliphatic rings. The minimum Gasteiger partial charge on any atom is -0.485 e. The fourth-order valence-corrected chi connectivity index (χ4v) is 3.10. The highest BCUT2D eigenvalue weighted by molar-refractivity contribution is 9.11. The molecule has 0 saturated carbocycles. The quantitative estimate of drug-likeness (QED) is 0.599. The molecule has 4 heteroatoms. The monoisotopic (exact) mass is 370 g/mol. The first-order valence-electron chi connectivity index (χ1n) is 7.25. The second-order valence-electron chi connectivity index (χ2n) is 7.04. The highest BCUT2D eigenvalue weighted by Crippen LogP contribution is 2.29. The molecule has 0 atom stereocenters. The summed E-state index contributed by atoms with van der Waals surface area (Å²) in [5.74, 6) is 0.964. The third-order valence-corrected chi connectivity index (χ3v) is 4.24. The molecule has 21 heavy (non-hydrogen) atoms. The predicted molar refractivity (Wildman–Crippen MR) is 97.9 cm³/mol. The summed E-state index contributed by atoms with van der Waals surface area (Å²) in [6.45, 7) is 15.5. The van der Waals surface area contributed by atoms with Crippen molar-refractivity contribution in [3.8, 4) is 5.75 Å². The molecule has 0 aliphatic carbocycles. The Morgan fingerprint density at radius 3 is 2.10 bits per heavy atom. The predicted octanol–water partition coefficient (Wildman–Crippen LogP) is 5.68. The van der Waals surface area contributed by atoms with Gasteiger partial charge >= 0.3 is 0 Å². The van der Waals surface area contributed by atoms with E-state index in [2.05, 4.69) is 75.4 Å². The molecule has 0 radical (unpaired) electrons. The van der Waals surface area contributed by atoms with Gasteiger partial charge in [-0.1, -0.05) is 15.9 Å². The first-order chi connectivity index (χ1) is 9.54. The van der Waals surface area contributed by atoms with E-state index < -0.39 is 8.32 Å². The Labute approximate surface area is 138 Å². The molecule has 0 heterocycles. The van der Waals surface area contributed by atoms with Crippen molar-refractivity contribution in [2.45, 2.75) is 52.9 Å². The molecule has 0 amide bonds. The summed E-state index contributed by atoms with van der Waals surface area (Å²) in [5.41, 5.74) is 3.14. The molecule has 0 aromatic heterocycles. The van der Waals surface area contributed by atoms with Crippen LogP contribution in [0.15, 0.2) is 17.1 Å². The van der Waals surface area contributed by atoms with Crippen molar-refractivity contribution < 1.29 is 9.16 Å². The van der Waals surface area contributed by atoms with Crippen LogP contribution in [0.5, 0.6) is 5.75 Å². The summed E-state index contributed by atoms with van der Waals surface area (Å²) in [7, 11) is -1.53. The number of ether oxygens (including phenoxy) is 1. The first kappa shape index (κ1) is 18.5. The van der Waals surface area contributed by atoms with E-state index in [4.69, 9.17) is 9.16 Å². The van der Waals surface area contributed by atoms with Gasteiger partial charge in [0, 0.05) is 0 Å². The third kappa shape index (κ3) is 6.37. The Hall–Kier alpha value is -0.583. The van der Waals surface area contributed by atoms with Crippen LogP contribution in [0.25, 0.3) is 6.08 Å². The second kappa shape index (κ2) is 7.12. The number of rotatable bonds is 6. The van der Waals surface area contributed by atoms with E-state index in [1.165, 1.54) is 5.56 Å². The number of aryl methyl sites for hydroxylation is 2. The largest absolute Gasteiger partial charge is 0.485 e. The maximum Gasteiger partial charge on any atom is 0.183 e. The third-order valence-electron chi connectivity index (χ3n) is 2.97. The molecule has 2 nitrogen and oxygen atoms in total. The van der Waals surface area contributed by atoms with Crippen LogP contribution in [0.2, 0.25) is 19.6 Å². The minimum atomic E-state index is -1.53. The van der Waals surface area contributed by atoms with Gasteiger partial charge in [-0.25, -0.2) is 0 Å². The summed E-state index contributed by atoms with van der Waals surface area (Å²) >= 11 is 3.32. The molecular formula is C17H27BrO2Si. The molecule has 0 saturated heterocycles. The van der Waals surface area contributed by atoms with Crippen LogP contribution in [0.3, 0.4) is 0 Å². The van der Waals surface area contributed by atoms with Crippen molar-refractivity contribution in [3.63, 3.8) is 0 Å². The molecule has 0 aliphatic heterocycles. The van der Waals surface area contributed by atoms with Gasteiger partial charge in [-0.15, -0.1) is 0 Å². The zero-order valence-corrected chi connectivity index (χ0v) is 16.8. The molecule has 0 bridgehead atoms. The van der Waals surface area contributed by atoms with Crippen LogP contribution < -0.4 is 4.74 Å². The molecular weight excluding hydrogens is 344 g/mol. The topological polar surface area (TPSA) is 18.5 Å². The second-order valence-corrected chi connectivity index (χ2v) is 12.1. The van der Waals surface area contributed by atoms with E-state index in [-0.39, 0.29) is 5.60 Å². The summed E-state index contributed by atoms with van der Waals surface area (Å²) in [6.07, 6.45) is 2.03. The van der Waals surface area contributed by atoms with Gasteiger partial charge in [0.25, 0.3) is 0 Å². The first-order valence-corrected chi connectivity index (χ1v) is 11.6. The van der Waals surface area contributed by atoms with E-state index >= 15 is 0 Å². The van der Waals surface area contributed by atoms with Crippen LogP contribution in [0, 0.1) is 13.8 Å². The average Bonchev–Trinajstić information content (AvgIpc) is 2.31. The Bertz CT molecular complexity index is 493. The van der Waals surface area contributed by atoms with Crippen molar-refractivity contribution >= 4 is 30.3 Å². The number of hydrogen-bond acceptors (Lipinski definition) is 2. The van der Waals surface area contributed by atoms with Crippen LogP contribution >= 0.6 is 15.9 Å². The lowest BCUT2D eigenvalue weighted by Crippen LogP contribution is -2.39. The van der Waals surface area contributed by atoms with Crippen molar-refractivity contribution in [1.29, 1.82) is 0 Å². The Morgan fingerprint density at radius 1 is 1.14 bits per heavy atom. The Morgan fingerprint density at radius 2 is 1.67 bits per heavy atom. The van der Waals surface area contributed by atoms with Gasteiger partial charge < -0.3 is 9.16 Å². The zero-order valence-electron chi connectivity index (χ0n) is 14.2. The van der Waals surface area contributed by atoms with Gasteiger partial charge in [0.05, 0.1) is 6.61 Å². The summed E-state index contributed by atoms with van der Waals surface area (Å²) in [6, 6.07) is 4.27. The van der Waals surface area contributed by atoms with Gasteiger partial charge in [0.15, 0.2) is 8.32 Å². The number of halogens is 1. The van der Waals surface area contributed by atoms with Crippen LogP contribution in [0.1, 0.15) is 30.5 Å². The van der Waals surface area contributed by atoms with E-state index in [0.717, 1.165) is 16.9 Å². The van der Waals surface area contributed by atoms with Gasteiger partial charge in [0.2, 0.25) is 0 Å². The van der Waals surface area contributed by atoms with Gasteiger partial charge in [-0.2, -0.15) is 0 Å². The highest BCUT2D eigenvalue weighted by atomic mass is 79.9.